The standard InChI is InChI=1S/C24H19ClO2/c25-22-15-20-13-7-8-14-21(20)23(26-16-18-9-3-1-4-10-18)24(22)27-17-19-11-5-2-6-12-19/h1-15H,16-17H2. The Morgan fingerprint density at radius 1 is 0.593 bits per heavy atom. The smallest absolute Gasteiger partial charge is 0.180 e. The molecule has 0 aliphatic rings. The Hall–Kier alpha value is -2.97. The van der Waals surface area contributed by atoms with Gasteiger partial charge in [0.2, 0.25) is 0 Å². The van der Waals surface area contributed by atoms with Crippen LogP contribution in [-0.2, 0) is 13.2 Å². The van der Waals surface area contributed by atoms with Gasteiger partial charge in [-0.2, -0.15) is 0 Å². The van der Waals surface area contributed by atoms with E-state index in [0.29, 0.717) is 29.7 Å². The molecule has 0 aromatic heterocycles. The summed E-state index contributed by atoms with van der Waals surface area (Å²) in [5, 5.41) is 2.56. The van der Waals surface area contributed by atoms with E-state index in [1.54, 1.807) is 0 Å². The topological polar surface area (TPSA) is 18.5 Å². The van der Waals surface area contributed by atoms with Crippen LogP contribution in [0.3, 0.4) is 0 Å². The van der Waals surface area contributed by atoms with E-state index in [2.05, 4.69) is 0 Å². The third kappa shape index (κ3) is 4.07. The fourth-order valence-corrected chi connectivity index (χ4v) is 3.26. The molecule has 0 radical (unpaired) electrons. The molecule has 0 bridgehead atoms. The van der Waals surface area contributed by atoms with Crippen molar-refractivity contribution in [2.24, 2.45) is 0 Å². The lowest BCUT2D eigenvalue weighted by molar-refractivity contribution is 0.259. The average molecular weight is 375 g/mol. The molecule has 4 aromatic carbocycles. The molecule has 0 spiro atoms. The highest BCUT2D eigenvalue weighted by Crippen LogP contribution is 2.42. The van der Waals surface area contributed by atoms with Gasteiger partial charge in [-0.05, 0) is 22.6 Å². The predicted molar refractivity (Wildman–Crippen MR) is 111 cm³/mol. The van der Waals surface area contributed by atoms with Crippen LogP contribution >= 0.6 is 11.6 Å². The van der Waals surface area contributed by atoms with E-state index in [0.717, 1.165) is 21.9 Å². The fourth-order valence-electron chi connectivity index (χ4n) is 3.00. The molecule has 0 N–H and O–H groups in total. The molecular weight excluding hydrogens is 356 g/mol. The molecule has 0 aliphatic heterocycles. The van der Waals surface area contributed by atoms with Crippen molar-refractivity contribution in [2.45, 2.75) is 13.2 Å². The summed E-state index contributed by atoms with van der Waals surface area (Å²) in [6, 6.07) is 30.1. The lowest BCUT2D eigenvalue weighted by Gasteiger charge is -2.17. The maximum atomic E-state index is 6.55. The quantitative estimate of drug-likeness (QED) is 0.376. The van der Waals surface area contributed by atoms with E-state index in [9.17, 15) is 0 Å². The minimum absolute atomic E-state index is 0.431. The van der Waals surface area contributed by atoms with Crippen LogP contribution in [0.15, 0.2) is 91.0 Å². The van der Waals surface area contributed by atoms with Crippen LogP contribution in [0, 0.1) is 0 Å². The molecule has 0 amide bonds. The zero-order valence-corrected chi connectivity index (χ0v) is 15.5. The maximum absolute atomic E-state index is 6.55. The largest absolute Gasteiger partial charge is 0.484 e. The molecule has 0 fully saturated rings. The zero-order chi connectivity index (χ0) is 18.5. The lowest BCUT2D eigenvalue weighted by Crippen LogP contribution is -2.02. The third-order valence-electron chi connectivity index (χ3n) is 4.36. The van der Waals surface area contributed by atoms with Crippen molar-refractivity contribution in [1.29, 1.82) is 0 Å². The maximum Gasteiger partial charge on any atom is 0.180 e. The van der Waals surface area contributed by atoms with Crippen molar-refractivity contribution < 1.29 is 9.47 Å². The Morgan fingerprint density at radius 3 is 1.74 bits per heavy atom. The fraction of sp³-hybridized carbons (Fsp3) is 0.0833. The minimum atomic E-state index is 0.431. The molecule has 0 saturated carbocycles. The van der Waals surface area contributed by atoms with Gasteiger partial charge in [0.15, 0.2) is 11.5 Å². The van der Waals surface area contributed by atoms with Crippen LogP contribution in [-0.4, -0.2) is 0 Å². The summed E-state index contributed by atoms with van der Waals surface area (Å²) in [5.74, 6) is 1.26. The first-order valence-electron chi connectivity index (χ1n) is 8.86. The molecule has 4 aromatic rings. The second-order valence-electron chi connectivity index (χ2n) is 6.29. The average Bonchev–Trinajstić information content (AvgIpc) is 2.72. The molecule has 0 unspecified atom stereocenters. The number of hydrogen-bond donors (Lipinski definition) is 0. The number of halogens is 1. The van der Waals surface area contributed by atoms with Crippen LogP contribution in [0.1, 0.15) is 11.1 Å². The van der Waals surface area contributed by atoms with Crippen molar-refractivity contribution in [3.8, 4) is 11.5 Å². The van der Waals surface area contributed by atoms with Gasteiger partial charge in [-0.1, -0.05) is 96.5 Å². The Bertz CT molecular complexity index is 1030. The molecule has 3 heteroatoms. The summed E-state index contributed by atoms with van der Waals surface area (Å²) < 4.78 is 12.3. The van der Waals surface area contributed by atoms with Crippen molar-refractivity contribution in [1.82, 2.24) is 0 Å². The van der Waals surface area contributed by atoms with Gasteiger partial charge in [-0.25, -0.2) is 0 Å². The second-order valence-corrected chi connectivity index (χ2v) is 6.69. The van der Waals surface area contributed by atoms with Crippen molar-refractivity contribution in [3.63, 3.8) is 0 Å². The molecule has 4 rings (SSSR count). The van der Waals surface area contributed by atoms with Gasteiger partial charge < -0.3 is 9.47 Å². The molecule has 0 heterocycles. The highest BCUT2D eigenvalue weighted by Gasteiger charge is 2.16. The summed E-state index contributed by atoms with van der Waals surface area (Å²) in [4.78, 5) is 0. The van der Waals surface area contributed by atoms with Crippen LogP contribution in [0.4, 0.5) is 0 Å². The molecule has 0 aliphatic carbocycles. The van der Waals surface area contributed by atoms with Crippen LogP contribution < -0.4 is 9.47 Å². The highest BCUT2D eigenvalue weighted by atomic mass is 35.5. The normalized spacial score (nSPS) is 10.7. The van der Waals surface area contributed by atoms with Gasteiger partial charge in [-0.3, -0.25) is 0 Å². The van der Waals surface area contributed by atoms with E-state index in [1.165, 1.54) is 0 Å². The van der Waals surface area contributed by atoms with Gasteiger partial charge in [-0.15, -0.1) is 0 Å². The zero-order valence-electron chi connectivity index (χ0n) is 14.8. The Balaban J connectivity index is 1.68. The lowest BCUT2D eigenvalue weighted by atomic mass is 10.1. The first kappa shape index (κ1) is 17.4. The first-order chi connectivity index (χ1) is 13.3. The summed E-state index contributed by atoms with van der Waals surface area (Å²) >= 11 is 6.55. The number of fused-ring (bicyclic) bond motifs is 1. The molecule has 134 valence electrons. The van der Waals surface area contributed by atoms with Gasteiger partial charge in [0, 0.05) is 5.39 Å². The van der Waals surface area contributed by atoms with Gasteiger partial charge >= 0.3 is 0 Å². The number of benzene rings is 4. The van der Waals surface area contributed by atoms with Crippen LogP contribution in [0.5, 0.6) is 11.5 Å². The number of hydrogen-bond acceptors (Lipinski definition) is 2. The molecular formula is C24H19ClO2. The Labute approximate surface area is 163 Å². The van der Waals surface area contributed by atoms with Crippen LogP contribution in [0.2, 0.25) is 5.02 Å². The predicted octanol–water partition coefficient (Wildman–Crippen LogP) is 6.65. The van der Waals surface area contributed by atoms with E-state index in [1.807, 2.05) is 91.0 Å². The SMILES string of the molecule is Clc1cc2ccccc2c(OCc2ccccc2)c1OCc1ccccc1. The summed E-state index contributed by atoms with van der Waals surface area (Å²) in [7, 11) is 0. The van der Waals surface area contributed by atoms with E-state index in [4.69, 9.17) is 21.1 Å². The third-order valence-corrected chi connectivity index (χ3v) is 4.64. The number of rotatable bonds is 6. The summed E-state index contributed by atoms with van der Waals surface area (Å²) in [6.07, 6.45) is 0. The van der Waals surface area contributed by atoms with Crippen molar-refractivity contribution in [2.75, 3.05) is 0 Å². The second kappa shape index (κ2) is 8.15. The van der Waals surface area contributed by atoms with E-state index < -0.39 is 0 Å². The Morgan fingerprint density at radius 2 is 1.11 bits per heavy atom. The van der Waals surface area contributed by atoms with Gasteiger partial charge in [0.25, 0.3) is 0 Å². The van der Waals surface area contributed by atoms with Gasteiger partial charge in [0.05, 0.1) is 5.02 Å². The van der Waals surface area contributed by atoms with E-state index in [-0.39, 0.29) is 0 Å². The first-order valence-corrected chi connectivity index (χ1v) is 9.24. The molecule has 2 nitrogen and oxygen atoms in total. The Kier molecular flexibility index (Phi) is 5.27. The van der Waals surface area contributed by atoms with E-state index >= 15 is 0 Å². The molecule has 0 atom stereocenters. The molecule has 27 heavy (non-hydrogen) atoms. The monoisotopic (exact) mass is 374 g/mol. The number of ether oxygens (including phenoxy) is 2. The minimum Gasteiger partial charge on any atom is -0.484 e. The highest BCUT2D eigenvalue weighted by molar-refractivity contribution is 6.33. The summed E-state index contributed by atoms with van der Waals surface area (Å²) in [5.41, 5.74) is 2.17. The summed E-state index contributed by atoms with van der Waals surface area (Å²) in [6.45, 7) is 0.882. The van der Waals surface area contributed by atoms with Crippen LogP contribution in [0.25, 0.3) is 10.8 Å². The van der Waals surface area contributed by atoms with Crippen molar-refractivity contribution in [3.05, 3.63) is 107 Å². The molecule has 0 saturated heterocycles. The van der Waals surface area contributed by atoms with Gasteiger partial charge in [0.1, 0.15) is 13.2 Å². The van der Waals surface area contributed by atoms with Crippen molar-refractivity contribution >= 4 is 22.4 Å².